The Labute approximate surface area is 171 Å². The molecule has 0 amide bonds. The molecule has 0 radical (unpaired) electrons. The second kappa shape index (κ2) is 10.0. The summed E-state index contributed by atoms with van der Waals surface area (Å²) in [6.45, 7) is 10.2. The van der Waals surface area contributed by atoms with Gasteiger partial charge in [-0.2, -0.15) is 0 Å². The van der Waals surface area contributed by atoms with Crippen LogP contribution in [0.25, 0.3) is 20.2 Å². The van der Waals surface area contributed by atoms with E-state index in [0.29, 0.717) is 0 Å². The van der Waals surface area contributed by atoms with E-state index in [1.54, 1.807) is 0 Å². The van der Waals surface area contributed by atoms with E-state index >= 15 is 0 Å². The van der Waals surface area contributed by atoms with Crippen molar-refractivity contribution in [1.82, 2.24) is 9.80 Å². The molecule has 0 saturated carbocycles. The summed E-state index contributed by atoms with van der Waals surface area (Å²) in [6, 6.07) is 16.6. The number of hydrogen-bond acceptors (Lipinski definition) is 4. The van der Waals surface area contributed by atoms with Crippen LogP contribution in [0.15, 0.2) is 42.5 Å². The molecule has 0 atom stereocenters. The Hall–Kier alpha value is -1.95. The van der Waals surface area contributed by atoms with E-state index in [1.807, 2.05) is 11.3 Å². The van der Waals surface area contributed by atoms with Gasteiger partial charge in [0.25, 0.3) is 6.47 Å². The Morgan fingerprint density at radius 3 is 2.39 bits per heavy atom. The SMILES string of the molecule is CCN(CC)C1CCN(Cc2ccc3sc4ccccc4c3c2)CC1.O=CO. The molecule has 0 bridgehead atoms. The lowest BCUT2D eigenvalue weighted by atomic mass is 10.0. The molecule has 1 N–H and O–H groups in total. The third-order valence-corrected chi connectivity index (χ3v) is 6.88. The third-order valence-electron chi connectivity index (χ3n) is 5.73. The minimum Gasteiger partial charge on any atom is -0.483 e. The fraction of sp³-hybridized carbons (Fsp3) is 0.435. The van der Waals surface area contributed by atoms with E-state index in [0.717, 1.165) is 12.6 Å². The smallest absolute Gasteiger partial charge is 0.290 e. The number of benzene rings is 2. The van der Waals surface area contributed by atoms with Gasteiger partial charge < -0.3 is 10.0 Å². The van der Waals surface area contributed by atoms with Crippen molar-refractivity contribution in [2.75, 3.05) is 26.2 Å². The first-order chi connectivity index (χ1) is 13.7. The zero-order valence-corrected chi connectivity index (χ0v) is 17.6. The summed E-state index contributed by atoms with van der Waals surface area (Å²) in [5.74, 6) is 0. The van der Waals surface area contributed by atoms with Gasteiger partial charge in [-0.15, -0.1) is 11.3 Å². The Kier molecular flexibility index (Phi) is 7.43. The van der Waals surface area contributed by atoms with Gasteiger partial charge >= 0.3 is 0 Å². The zero-order valence-electron chi connectivity index (χ0n) is 16.8. The normalized spacial score (nSPS) is 15.7. The van der Waals surface area contributed by atoms with Gasteiger partial charge in [-0.1, -0.05) is 38.1 Å². The van der Waals surface area contributed by atoms with Crippen molar-refractivity contribution in [2.45, 2.75) is 39.3 Å². The topological polar surface area (TPSA) is 43.8 Å². The van der Waals surface area contributed by atoms with E-state index in [1.165, 1.54) is 64.8 Å². The molecule has 0 spiro atoms. The molecule has 1 aromatic heterocycles. The van der Waals surface area contributed by atoms with Gasteiger partial charge in [-0.25, -0.2) is 0 Å². The first kappa shape index (κ1) is 20.8. The molecule has 4 nitrogen and oxygen atoms in total. The second-order valence-corrected chi connectivity index (χ2v) is 8.35. The molecule has 4 rings (SSSR count). The highest BCUT2D eigenvalue weighted by molar-refractivity contribution is 7.25. The molecule has 0 aliphatic carbocycles. The molecule has 2 heterocycles. The predicted molar refractivity (Wildman–Crippen MR) is 119 cm³/mol. The van der Waals surface area contributed by atoms with E-state index < -0.39 is 0 Å². The number of hydrogen-bond donors (Lipinski definition) is 1. The standard InChI is InChI=1S/C22H28N2S.CH2O2/c1-3-24(4-2)18-11-13-23(14-12-18)16-17-9-10-22-20(15-17)19-7-5-6-8-21(19)25-22;2-1-3/h5-10,15,18H,3-4,11-14,16H2,1-2H3;1H,(H,2,3). The minimum atomic E-state index is -0.250. The third kappa shape index (κ3) is 4.72. The number of likely N-dealkylation sites (tertiary alicyclic amines) is 1. The van der Waals surface area contributed by atoms with Gasteiger partial charge in [0.1, 0.15) is 0 Å². The quantitative estimate of drug-likeness (QED) is 0.610. The molecule has 150 valence electrons. The summed E-state index contributed by atoms with van der Waals surface area (Å²) in [4.78, 5) is 13.6. The van der Waals surface area contributed by atoms with Crippen LogP contribution in [0, 0.1) is 0 Å². The summed E-state index contributed by atoms with van der Waals surface area (Å²) < 4.78 is 2.81. The van der Waals surface area contributed by atoms with Gasteiger partial charge in [0.15, 0.2) is 0 Å². The highest BCUT2D eigenvalue weighted by Crippen LogP contribution is 2.34. The lowest BCUT2D eigenvalue weighted by molar-refractivity contribution is -0.122. The largest absolute Gasteiger partial charge is 0.483 e. The summed E-state index contributed by atoms with van der Waals surface area (Å²) in [6.07, 6.45) is 2.62. The number of fused-ring (bicyclic) bond motifs is 3. The summed E-state index contributed by atoms with van der Waals surface area (Å²) in [7, 11) is 0. The average molecular weight is 399 g/mol. The highest BCUT2D eigenvalue weighted by Gasteiger charge is 2.22. The lowest BCUT2D eigenvalue weighted by Crippen LogP contribution is -2.44. The van der Waals surface area contributed by atoms with Crippen molar-refractivity contribution in [3.63, 3.8) is 0 Å². The Balaban J connectivity index is 0.000000706. The van der Waals surface area contributed by atoms with Gasteiger partial charge in [0, 0.05) is 32.8 Å². The van der Waals surface area contributed by atoms with Crippen LogP contribution in [0.2, 0.25) is 0 Å². The number of carbonyl (C=O) groups is 1. The molecule has 1 saturated heterocycles. The highest BCUT2D eigenvalue weighted by atomic mass is 32.1. The van der Waals surface area contributed by atoms with Gasteiger partial charge in [0.05, 0.1) is 0 Å². The van der Waals surface area contributed by atoms with Crippen LogP contribution >= 0.6 is 11.3 Å². The molecule has 28 heavy (non-hydrogen) atoms. The molecular weight excluding hydrogens is 368 g/mol. The van der Waals surface area contributed by atoms with Gasteiger partial charge in [0.2, 0.25) is 0 Å². The van der Waals surface area contributed by atoms with Gasteiger partial charge in [-0.05, 0) is 62.8 Å². The second-order valence-electron chi connectivity index (χ2n) is 7.26. The molecule has 1 aliphatic heterocycles. The molecule has 2 aromatic carbocycles. The van der Waals surface area contributed by atoms with Crippen LogP contribution in [0.5, 0.6) is 0 Å². The van der Waals surface area contributed by atoms with Crippen LogP contribution in [-0.4, -0.2) is 53.6 Å². The van der Waals surface area contributed by atoms with E-state index in [4.69, 9.17) is 9.90 Å². The van der Waals surface area contributed by atoms with Crippen molar-refractivity contribution < 1.29 is 9.90 Å². The maximum Gasteiger partial charge on any atom is 0.290 e. The molecule has 1 aliphatic rings. The lowest BCUT2D eigenvalue weighted by Gasteiger charge is -2.37. The number of piperidine rings is 1. The van der Waals surface area contributed by atoms with Gasteiger partial charge in [-0.3, -0.25) is 9.69 Å². The fourth-order valence-corrected chi connectivity index (χ4v) is 5.40. The maximum atomic E-state index is 8.36. The van der Waals surface area contributed by atoms with Crippen molar-refractivity contribution in [2.24, 2.45) is 0 Å². The maximum absolute atomic E-state index is 8.36. The van der Waals surface area contributed by atoms with E-state index in [-0.39, 0.29) is 6.47 Å². The van der Waals surface area contributed by atoms with Crippen LogP contribution < -0.4 is 0 Å². The summed E-state index contributed by atoms with van der Waals surface area (Å²) >= 11 is 1.91. The molecule has 0 unspecified atom stereocenters. The zero-order chi connectivity index (χ0) is 19.9. The first-order valence-electron chi connectivity index (χ1n) is 10.1. The number of thiophene rings is 1. The summed E-state index contributed by atoms with van der Waals surface area (Å²) in [5, 5.41) is 9.72. The first-order valence-corrected chi connectivity index (χ1v) is 11.0. The molecule has 5 heteroatoms. The monoisotopic (exact) mass is 398 g/mol. The van der Waals surface area contributed by atoms with E-state index in [2.05, 4.69) is 66.1 Å². The predicted octanol–water partition coefficient (Wildman–Crippen LogP) is 5.06. The van der Waals surface area contributed by atoms with Crippen molar-refractivity contribution in [3.8, 4) is 0 Å². The van der Waals surface area contributed by atoms with Crippen LogP contribution in [0.3, 0.4) is 0 Å². The number of rotatable bonds is 5. The van der Waals surface area contributed by atoms with Crippen LogP contribution in [0.1, 0.15) is 32.3 Å². The molecule has 1 fully saturated rings. The van der Waals surface area contributed by atoms with Crippen molar-refractivity contribution in [1.29, 1.82) is 0 Å². The van der Waals surface area contributed by atoms with Crippen molar-refractivity contribution >= 4 is 38.0 Å². The van der Waals surface area contributed by atoms with Crippen molar-refractivity contribution in [3.05, 3.63) is 48.0 Å². The summed E-state index contributed by atoms with van der Waals surface area (Å²) in [5.41, 5.74) is 1.46. The average Bonchev–Trinajstić information content (AvgIpc) is 3.09. The number of nitrogens with zero attached hydrogens (tertiary/aromatic N) is 2. The minimum absolute atomic E-state index is 0.250. The Bertz CT molecular complexity index is 896. The Morgan fingerprint density at radius 1 is 1.07 bits per heavy atom. The fourth-order valence-electron chi connectivity index (χ4n) is 4.31. The van der Waals surface area contributed by atoms with Crippen LogP contribution in [-0.2, 0) is 11.3 Å². The van der Waals surface area contributed by atoms with Crippen LogP contribution in [0.4, 0.5) is 0 Å². The number of carboxylic acid groups (broad SMARTS) is 1. The molecular formula is C23H30N2O2S. The Morgan fingerprint density at radius 2 is 1.71 bits per heavy atom. The van der Waals surface area contributed by atoms with E-state index in [9.17, 15) is 0 Å². The molecule has 3 aromatic rings.